The maximum atomic E-state index is 11.4. The maximum absolute atomic E-state index is 11.4. The Morgan fingerprint density at radius 3 is 2.71 bits per heavy atom. The van der Waals surface area contributed by atoms with Crippen molar-refractivity contribution in [1.82, 2.24) is 15.0 Å². The van der Waals surface area contributed by atoms with Gasteiger partial charge >= 0.3 is 0 Å². The molecule has 3 aromatic rings. The van der Waals surface area contributed by atoms with Gasteiger partial charge in [-0.05, 0) is 13.8 Å². The number of hydrogen-bond acceptors (Lipinski definition) is 6. The zero-order valence-corrected chi connectivity index (χ0v) is 14.4. The van der Waals surface area contributed by atoms with Crippen molar-refractivity contribution in [1.29, 1.82) is 0 Å². The molecule has 2 heterocycles. The molecule has 0 saturated heterocycles. The molecule has 0 radical (unpaired) electrons. The summed E-state index contributed by atoms with van der Waals surface area (Å²) in [5, 5.41) is 6.33. The topological polar surface area (TPSA) is 67.8 Å². The van der Waals surface area contributed by atoms with E-state index >= 15 is 0 Å². The minimum Gasteiger partial charge on any atom is -0.354 e. The molecule has 5 nitrogen and oxygen atoms in total. The molecule has 1 N–H and O–H groups in total. The third-order valence-corrected chi connectivity index (χ3v) is 4.51. The van der Waals surface area contributed by atoms with Gasteiger partial charge < -0.3 is 5.32 Å². The molecule has 2 aromatic heterocycles. The number of carbonyl (C=O) groups excluding carboxylic acids is 1. The Morgan fingerprint density at radius 1 is 1.21 bits per heavy atom. The van der Waals surface area contributed by atoms with Crippen LogP contribution in [-0.2, 0) is 6.42 Å². The molecule has 0 bridgehead atoms. The first-order chi connectivity index (χ1) is 11.6. The number of Topliss-reactive ketones (excluding diaryl/α,β-unsaturated/α-hetero) is 1. The molecular formula is C18H18N4OS. The molecule has 0 atom stereocenters. The molecule has 1 aromatic carbocycles. The minimum atomic E-state index is -0.0183. The number of benzene rings is 1. The number of anilines is 1. The lowest BCUT2D eigenvalue weighted by Crippen LogP contribution is -2.10. The maximum Gasteiger partial charge on any atom is 0.222 e. The second kappa shape index (κ2) is 7.31. The summed E-state index contributed by atoms with van der Waals surface area (Å²) in [6.07, 6.45) is 2.37. The Labute approximate surface area is 144 Å². The summed E-state index contributed by atoms with van der Waals surface area (Å²) in [5.41, 5.74) is 3.40. The van der Waals surface area contributed by atoms with Gasteiger partial charge in [-0.15, -0.1) is 11.3 Å². The number of nitrogens with zero attached hydrogens (tertiary/aromatic N) is 3. The zero-order chi connectivity index (χ0) is 16.9. The van der Waals surface area contributed by atoms with Crippen LogP contribution in [0.1, 0.15) is 28.0 Å². The third kappa shape index (κ3) is 3.83. The van der Waals surface area contributed by atoms with Gasteiger partial charge in [0.1, 0.15) is 0 Å². The van der Waals surface area contributed by atoms with Gasteiger partial charge in [0.15, 0.2) is 5.78 Å². The molecule has 0 aliphatic rings. The van der Waals surface area contributed by atoms with Crippen LogP contribution in [0.2, 0.25) is 0 Å². The molecule has 3 rings (SSSR count). The van der Waals surface area contributed by atoms with Crippen molar-refractivity contribution in [2.45, 2.75) is 20.3 Å². The van der Waals surface area contributed by atoms with E-state index < -0.39 is 0 Å². The summed E-state index contributed by atoms with van der Waals surface area (Å²) >= 11 is 1.65. The van der Waals surface area contributed by atoms with E-state index in [1.165, 1.54) is 6.92 Å². The molecule has 0 unspecified atom stereocenters. The molecule has 0 aliphatic carbocycles. The van der Waals surface area contributed by atoms with E-state index in [0.717, 1.165) is 22.7 Å². The SMILES string of the molecule is CC(=O)c1cnc(NCCc2nc(-c3ccccc3)cs2)nc1C. The van der Waals surface area contributed by atoms with E-state index in [2.05, 4.69) is 37.8 Å². The van der Waals surface area contributed by atoms with Gasteiger partial charge in [0, 0.05) is 30.1 Å². The van der Waals surface area contributed by atoms with Gasteiger partial charge in [-0.3, -0.25) is 4.79 Å². The first kappa shape index (κ1) is 16.3. The van der Waals surface area contributed by atoms with Crippen molar-refractivity contribution in [3.8, 4) is 11.3 Å². The quantitative estimate of drug-likeness (QED) is 0.693. The first-order valence-electron chi connectivity index (χ1n) is 7.72. The van der Waals surface area contributed by atoms with E-state index in [1.54, 1.807) is 17.5 Å². The number of aromatic nitrogens is 3. The Bertz CT molecular complexity index is 845. The lowest BCUT2D eigenvalue weighted by molar-refractivity contribution is 0.101. The molecule has 122 valence electrons. The van der Waals surface area contributed by atoms with Gasteiger partial charge in [0.05, 0.1) is 22.0 Å². The number of thiazole rings is 1. The van der Waals surface area contributed by atoms with Crippen LogP contribution in [0.5, 0.6) is 0 Å². The van der Waals surface area contributed by atoms with Crippen LogP contribution in [0.3, 0.4) is 0 Å². The Kier molecular flexibility index (Phi) is 4.96. The Hall–Kier alpha value is -2.60. The zero-order valence-electron chi connectivity index (χ0n) is 13.6. The summed E-state index contributed by atoms with van der Waals surface area (Å²) in [6.45, 7) is 4.03. The lowest BCUT2D eigenvalue weighted by atomic mass is 10.2. The molecule has 6 heteroatoms. The van der Waals surface area contributed by atoms with Crippen molar-refractivity contribution < 1.29 is 4.79 Å². The molecule has 0 saturated carbocycles. The van der Waals surface area contributed by atoms with E-state index in [9.17, 15) is 4.79 Å². The summed E-state index contributed by atoms with van der Waals surface area (Å²) in [6, 6.07) is 10.1. The van der Waals surface area contributed by atoms with Gasteiger partial charge in [0.2, 0.25) is 5.95 Å². The lowest BCUT2D eigenvalue weighted by Gasteiger charge is -2.06. The van der Waals surface area contributed by atoms with Crippen LogP contribution in [0.4, 0.5) is 5.95 Å². The Balaban J connectivity index is 1.58. The van der Waals surface area contributed by atoms with Crippen molar-refractivity contribution >= 4 is 23.1 Å². The molecule has 24 heavy (non-hydrogen) atoms. The van der Waals surface area contributed by atoms with Gasteiger partial charge in [-0.25, -0.2) is 15.0 Å². The van der Waals surface area contributed by atoms with Crippen LogP contribution in [0.15, 0.2) is 41.9 Å². The molecule has 0 aliphatic heterocycles. The highest BCUT2D eigenvalue weighted by molar-refractivity contribution is 7.09. The highest BCUT2D eigenvalue weighted by Crippen LogP contribution is 2.21. The summed E-state index contributed by atoms with van der Waals surface area (Å²) in [7, 11) is 0. The van der Waals surface area contributed by atoms with E-state index in [1.807, 2.05) is 25.1 Å². The normalized spacial score (nSPS) is 10.6. The fraction of sp³-hybridized carbons (Fsp3) is 0.222. The van der Waals surface area contributed by atoms with E-state index in [4.69, 9.17) is 0 Å². The third-order valence-electron chi connectivity index (χ3n) is 3.60. The van der Waals surface area contributed by atoms with Crippen LogP contribution in [0.25, 0.3) is 11.3 Å². The first-order valence-corrected chi connectivity index (χ1v) is 8.59. The number of rotatable bonds is 6. The summed E-state index contributed by atoms with van der Waals surface area (Å²) in [5.74, 6) is 0.521. The molecule has 0 amide bonds. The fourth-order valence-electron chi connectivity index (χ4n) is 2.35. The number of hydrogen-bond donors (Lipinski definition) is 1. The van der Waals surface area contributed by atoms with Crippen LogP contribution >= 0.6 is 11.3 Å². The summed E-state index contributed by atoms with van der Waals surface area (Å²) < 4.78 is 0. The number of aryl methyl sites for hydroxylation is 1. The standard InChI is InChI=1S/C18H18N4OS/c1-12-15(13(2)23)10-20-18(21-12)19-9-8-17-22-16(11-24-17)14-6-4-3-5-7-14/h3-7,10-11H,8-9H2,1-2H3,(H,19,20,21). The van der Waals surface area contributed by atoms with Gasteiger partial charge in [-0.2, -0.15) is 0 Å². The van der Waals surface area contributed by atoms with Crippen molar-refractivity contribution in [3.63, 3.8) is 0 Å². The predicted octanol–water partition coefficient (Wildman–Crippen LogP) is 3.77. The monoisotopic (exact) mass is 338 g/mol. The average molecular weight is 338 g/mol. The average Bonchev–Trinajstić information content (AvgIpc) is 3.04. The predicted molar refractivity (Wildman–Crippen MR) is 96.5 cm³/mol. The van der Waals surface area contributed by atoms with Gasteiger partial charge in [-0.1, -0.05) is 30.3 Å². The summed E-state index contributed by atoms with van der Waals surface area (Å²) in [4.78, 5) is 24.6. The Morgan fingerprint density at radius 2 is 2.00 bits per heavy atom. The molecule has 0 spiro atoms. The number of nitrogens with one attached hydrogen (secondary N) is 1. The van der Waals surface area contributed by atoms with Crippen molar-refractivity contribution in [2.24, 2.45) is 0 Å². The molecular weight excluding hydrogens is 320 g/mol. The highest BCUT2D eigenvalue weighted by atomic mass is 32.1. The highest BCUT2D eigenvalue weighted by Gasteiger charge is 2.08. The van der Waals surface area contributed by atoms with Crippen molar-refractivity contribution in [2.75, 3.05) is 11.9 Å². The van der Waals surface area contributed by atoms with Crippen molar-refractivity contribution in [3.05, 3.63) is 58.2 Å². The minimum absolute atomic E-state index is 0.0183. The second-order valence-corrected chi connectivity index (χ2v) is 6.36. The molecule has 0 fully saturated rings. The van der Waals surface area contributed by atoms with E-state index in [0.29, 0.717) is 23.8 Å². The largest absolute Gasteiger partial charge is 0.354 e. The second-order valence-electron chi connectivity index (χ2n) is 5.42. The number of ketones is 1. The smallest absolute Gasteiger partial charge is 0.222 e. The van der Waals surface area contributed by atoms with Crippen LogP contribution in [-0.4, -0.2) is 27.3 Å². The van der Waals surface area contributed by atoms with Gasteiger partial charge in [0.25, 0.3) is 0 Å². The van der Waals surface area contributed by atoms with E-state index in [-0.39, 0.29) is 5.78 Å². The van der Waals surface area contributed by atoms with Crippen LogP contribution in [0, 0.1) is 6.92 Å². The fourth-order valence-corrected chi connectivity index (χ4v) is 3.15. The van der Waals surface area contributed by atoms with Crippen LogP contribution < -0.4 is 5.32 Å². The number of carbonyl (C=O) groups is 1.